The maximum Gasteiger partial charge on any atom is 0.331 e. The summed E-state index contributed by atoms with van der Waals surface area (Å²) in [6.45, 7) is 2.02. The van der Waals surface area contributed by atoms with Crippen LogP contribution in [0.3, 0.4) is 0 Å². The lowest BCUT2D eigenvalue weighted by Gasteiger charge is -2.30. The molecule has 1 aliphatic carbocycles. The molecule has 1 fully saturated rings. The maximum absolute atomic E-state index is 13.2. The number of hydrogen-bond acceptors (Lipinski definition) is 3. The Bertz CT molecular complexity index is 1180. The highest BCUT2D eigenvalue weighted by molar-refractivity contribution is 6.30. The Morgan fingerprint density at radius 3 is 2.39 bits per heavy atom. The molecule has 0 N–H and O–H groups in total. The summed E-state index contributed by atoms with van der Waals surface area (Å²) >= 11 is 5.99. The van der Waals surface area contributed by atoms with E-state index in [4.69, 9.17) is 11.6 Å². The van der Waals surface area contributed by atoms with E-state index >= 15 is 0 Å². The third kappa shape index (κ3) is 4.80. The number of aromatic nitrogens is 2. The molecule has 0 radical (unpaired) electrons. The molecular formula is C24H24ClN3O3. The first-order valence-electron chi connectivity index (χ1n) is 10.3. The van der Waals surface area contributed by atoms with Crippen LogP contribution in [0, 0.1) is 0 Å². The molecule has 1 saturated carbocycles. The number of carbonyl (C=O) groups is 1. The monoisotopic (exact) mass is 437 g/mol. The molecule has 160 valence electrons. The third-order valence-corrected chi connectivity index (χ3v) is 5.88. The number of amides is 1. The lowest BCUT2D eigenvalue weighted by molar-refractivity contribution is -0.134. The first-order valence-corrected chi connectivity index (χ1v) is 10.7. The highest BCUT2D eigenvalue weighted by atomic mass is 35.5. The third-order valence-electron chi connectivity index (χ3n) is 5.63. The van der Waals surface area contributed by atoms with Gasteiger partial charge in [-0.1, -0.05) is 54.1 Å². The molecule has 6 nitrogen and oxygen atoms in total. The Labute approximate surface area is 185 Å². The van der Waals surface area contributed by atoms with Crippen molar-refractivity contribution in [2.75, 3.05) is 0 Å². The SMILES string of the molecule is CC(c1ccc(Cl)cc1)N(C(=O)Cn1c(=O)ccn(Cc2ccccc2)c1=O)C1CC1. The van der Waals surface area contributed by atoms with Gasteiger partial charge in [0.25, 0.3) is 5.56 Å². The van der Waals surface area contributed by atoms with Crippen LogP contribution in [0.4, 0.5) is 0 Å². The number of hydrogen-bond donors (Lipinski definition) is 0. The lowest BCUT2D eigenvalue weighted by atomic mass is 10.1. The zero-order chi connectivity index (χ0) is 22.0. The van der Waals surface area contributed by atoms with Crippen molar-refractivity contribution in [2.24, 2.45) is 0 Å². The molecule has 2 aromatic carbocycles. The van der Waals surface area contributed by atoms with E-state index < -0.39 is 11.2 Å². The summed E-state index contributed by atoms with van der Waals surface area (Å²) < 4.78 is 2.48. The van der Waals surface area contributed by atoms with E-state index in [1.54, 1.807) is 17.0 Å². The summed E-state index contributed by atoms with van der Waals surface area (Å²) in [5.41, 5.74) is 0.945. The summed E-state index contributed by atoms with van der Waals surface area (Å²) in [6, 6.07) is 18.2. The average Bonchev–Trinajstić information content (AvgIpc) is 3.59. The lowest BCUT2D eigenvalue weighted by Crippen LogP contribution is -2.45. The van der Waals surface area contributed by atoms with Gasteiger partial charge in [-0.3, -0.25) is 18.7 Å². The summed E-state index contributed by atoms with van der Waals surface area (Å²) in [7, 11) is 0. The van der Waals surface area contributed by atoms with Gasteiger partial charge in [0.05, 0.1) is 12.6 Å². The van der Waals surface area contributed by atoms with Gasteiger partial charge in [0, 0.05) is 23.3 Å². The molecule has 1 aromatic heterocycles. The largest absolute Gasteiger partial charge is 0.331 e. The van der Waals surface area contributed by atoms with Crippen molar-refractivity contribution in [1.29, 1.82) is 0 Å². The number of nitrogens with zero attached hydrogens (tertiary/aromatic N) is 3. The maximum atomic E-state index is 13.2. The number of rotatable bonds is 7. The summed E-state index contributed by atoms with van der Waals surface area (Å²) in [5, 5.41) is 0.634. The summed E-state index contributed by atoms with van der Waals surface area (Å²) in [6.07, 6.45) is 3.32. The van der Waals surface area contributed by atoms with Crippen molar-refractivity contribution in [1.82, 2.24) is 14.0 Å². The molecule has 3 aromatic rings. The Hall–Kier alpha value is -3.12. The molecule has 0 saturated heterocycles. The minimum absolute atomic E-state index is 0.129. The quantitative estimate of drug-likeness (QED) is 0.568. The van der Waals surface area contributed by atoms with Crippen molar-refractivity contribution in [3.05, 3.63) is 104 Å². The predicted molar refractivity (Wildman–Crippen MR) is 120 cm³/mol. The van der Waals surface area contributed by atoms with Gasteiger partial charge in [-0.15, -0.1) is 0 Å². The fraction of sp³-hybridized carbons (Fsp3) is 0.292. The van der Waals surface area contributed by atoms with E-state index in [9.17, 15) is 14.4 Å². The molecule has 1 aliphatic rings. The van der Waals surface area contributed by atoms with Crippen molar-refractivity contribution in [2.45, 2.75) is 44.9 Å². The number of carbonyl (C=O) groups excluding carboxylic acids is 1. The molecule has 1 heterocycles. The highest BCUT2D eigenvalue weighted by Crippen LogP contribution is 2.34. The molecule has 7 heteroatoms. The topological polar surface area (TPSA) is 64.3 Å². The molecule has 0 bridgehead atoms. The van der Waals surface area contributed by atoms with Crippen LogP contribution in [-0.4, -0.2) is 26.0 Å². The summed E-state index contributed by atoms with van der Waals surface area (Å²) in [4.78, 5) is 40.4. The van der Waals surface area contributed by atoms with Gasteiger partial charge < -0.3 is 4.90 Å². The Kier molecular flexibility index (Phi) is 6.09. The van der Waals surface area contributed by atoms with Gasteiger partial charge in [0.1, 0.15) is 6.54 Å². The van der Waals surface area contributed by atoms with E-state index in [0.717, 1.165) is 28.5 Å². The van der Waals surface area contributed by atoms with Crippen molar-refractivity contribution in [3.8, 4) is 0 Å². The van der Waals surface area contributed by atoms with E-state index in [-0.39, 0.29) is 24.5 Å². The predicted octanol–water partition coefficient (Wildman–Crippen LogP) is 3.46. The summed E-state index contributed by atoms with van der Waals surface area (Å²) in [5.74, 6) is -0.235. The molecule has 1 unspecified atom stereocenters. The molecule has 1 atom stereocenters. The number of benzene rings is 2. The van der Waals surface area contributed by atoms with Crippen molar-refractivity contribution < 1.29 is 4.79 Å². The van der Waals surface area contributed by atoms with Crippen LogP contribution in [0.25, 0.3) is 0 Å². The molecule has 4 rings (SSSR count). The van der Waals surface area contributed by atoms with E-state index in [2.05, 4.69) is 0 Å². The average molecular weight is 438 g/mol. The van der Waals surface area contributed by atoms with Crippen LogP contribution in [0.15, 0.2) is 76.4 Å². The fourth-order valence-corrected chi connectivity index (χ4v) is 3.94. The van der Waals surface area contributed by atoms with Gasteiger partial charge in [-0.25, -0.2) is 4.79 Å². The first kappa shape index (κ1) is 21.1. The fourth-order valence-electron chi connectivity index (χ4n) is 3.81. The molecule has 31 heavy (non-hydrogen) atoms. The molecule has 1 amide bonds. The molecular weight excluding hydrogens is 414 g/mol. The van der Waals surface area contributed by atoms with Crippen LogP contribution < -0.4 is 11.2 Å². The van der Waals surface area contributed by atoms with Crippen molar-refractivity contribution >= 4 is 17.5 Å². The minimum atomic E-state index is -0.486. The van der Waals surface area contributed by atoms with Gasteiger partial charge in [-0.2, -0.15) is 0 Å². The van der Waals surface area contributed by atoms with Crippen molar-refractivity contribution in [3.63, 3.8) is 0 Å². The zero-order valence-electron chi connectivity index (χ0n) is 17.3. The second-order valence-electron chi connectivity index (χ2n) is 7.90. The van der Waals surface area contributed by atoms with Crippen LogP contribution in [0.1, 0.15) is 36.9 Å². The zero-order valence-corrected chi connectivity index (χ0v) is 18.0. The highest BCUT2D eigenvalue weighted by Gasteiger charge is 2.36. The normalized spacial score (nSPS) is 14.3. The van der Waals surface area contributed by atoms with Gasteiger partial charge in [0.15, 0.2) is 0 Å². The Balaban J connectivity index is 1.59. The minimum Gasteiger partial charge on any atom is -0.331 e. The van der Waals surface area contributed by atoms with Crippen LogP contribution in [0.2, 0.25) is 5.02 Å². The first-order chi connectivity index (χ1) is 14.9. The number of halogens is 1. The van der Waals surface area contributed by atoms with Gasteiger partial charge in [0.2, 0.25) is 5.91 Å². The Morgan fingerprint density at radius 2 is 1.74 bits per heavy atom. The van der Waals surface area contributed by atoms with E-state index in [1.165, 1.54) is 16.8 Å². The van der Waals surface area contributed by atoms with Crippen LogP contribution >= 0.6 is 11.6 Å². The van der Waals surface area contributed by atoms with Gasteiger partial charge >= 0.3 is 5.69 Å². The second kappa shape index (κ2) is 8.94. The van der Waals surface area contributed by atoms with Crippen LogP contribution in [0.5, 0.6) is 0 Å². The standard InChI is InChI=1S/C24H24ClN3O3/c1-17(19-7-9-20(25)10-8-19)28(21-11-12-21)23(30)16-27-22(29)13-14-26(24(27)31)15-18-5-3-2-4-6-18/h2-10,13-14,17,21H,11-12,15-16H2,1H3. The smallest absolute Gasteiger partial charge is 0.331 e. The van der Waals surface area contributed by atoms with Gasteiger partial charge in [-0.05, 0) is 43.0 Å². The second-order valence-corrected chi connectivity index (χ2v) is 8.33. The molecule has 0 spiro atoms. The van der Waals surface area contributed by atoms with E-state index in [1.807, 2.05) is 49.4 Å². The Morgan fingerprint density at radius 1 is 1.06 bits per heavy atom. The van der Waals surface area contributed by atoms with Crippen LogP contribution in [-0.2, 0) is 17.9 Å². The van der Waals surface area contributed by atoms with E-state index in [0.29, 0.717) is 11.6 Å². The molecule has 0 aliphatic heterocycles.